The van der Waals surface area contributed by atoms with Crippen LogP contribution in [0.15, 0.2) is 40.9 Å². The normalized spacial score (nSPS) is 10.0. The van der Waals surface area contributed by atoms with Gasteiger partial charge in [0.25, 0.3) is 5.91 Å². The summed E-state index contributed by atoms with van der Waals surface area (Å²) in [5.74, 6) is 0.344. The number of halogens is 1. The standard InChI is InChI=1S/C18H17BrN2O2/c1-3-14-9-15(19)8-12(2)18(14)21-17(22)11-23-16-6-4-13(10-20)5-7-16/h4-9H,3,11H2,1-2H3,(H,21,22). The van der Waals surface area contributed by atoms with Crippen LogP contribution < -0.4 is 10.1 Å². The second-order valence-electron chi connectivity index (χ2n) is 5.08. The Morgan fingerprint density at radius 1 is 1.30 bits per heavy atom. The van der Waals surface area contributed by atoms with Crippen molar-refractivity contribution in [2.75, 3.05) is 11.9 Å². The first kappa shape index (κ1) is 17.0. The van der Waals surface area contributed by atoms with E-state index < -0.39 is 0 Å². The zero-order valence-corrected chi connectivity index (χ0v) is 14.6. The summed E-state index contributed by atoms with van der Waals surface area (Å²) in [6, 6.07) is 12.7. The average Bonchev–Trinajstić information content (AvgIpc) is 2.55. The summed E-state index contributed by atoms with van der Waals surface area (Å²) in [4.78, 5) is 12.1. The van der Waals surface area contributed by atoms with E-state index >= 15 is 0 Å². The van der Waals surface area contributed by atoms with Crippen molar-refractivity contribution in [1.82, 2.24) is 0 Å². The van der Waals surface area contributed by atoms with Crippen LogP contribution >= 0.6 is 15.9 Å². The van der Waals surface area contributed by atoms with Crippen molar-refractivity contribution in [2.24, 2.45) is 0 Å². The van der Waals surface area contributed by atoms with Gasteiger partial charge >= 0.3 is 0 Å². The topological polar surface area (TPSA) is 62.1 Å². The molecule has 2 aromatic rings. The van der Waals surface area contributed by atoms with Crippen LogP contribution in [0.5, 0.6) is 5.75 Å². The number of nitrogens with one attached hydrogen (secondary N) is 1. The van der Waals surface area contributed by atoms with Crippen molar-refractivity contribution in [1.29, 1.82) is 5.26 Å². The monoisotopic (exact) mass is 372 g/mol. The SMILES string of the molecule is CCc1cc(Br)cc(C)c1NC(=O)COc1ccc(C#N)cc1. The van der Waals surface area contributed by atoms with Crippen LogP contribution in [0.4, 0.5) is 5.69 Å². The maximum atomic E-state index is 12.1. The van der Waals surface area contributed by atoms with Gasteiger partial charge in [-0.05, 0) is 60.9 Å². The molecule has 0 atom stereocenters. The Morgan fingerprint density at radius 2 is 2.00 bits per heavy atom. The van der Waals surface area contributed by atoms with Crippen molar-refractivity contribution in [3.63, 3.8) is 0 Å². The van der Waals surface area contributed by atoms with E-state index in [1.807, 2.05) is 32.0 Å². The van der Waals surface area contributed by atoms with E-state index in [1.54, 1.807) is 24.3 Å². The molecular formula is C18H17BrN2O2. The number of carbonyl (C=O) groups excluding carboxylic acids is 1. The van der Waals surface area contributed by atoms with E-state index in [-0.39, 0.29) is 12.5 Å². The Hall–Kier alpha value is -2.32. The van der Waals surface area contributed by atoms with E-state index in [2.05, 4.69) is 21.2 Å². The molecule has 0 radical (unpaired) electrons. The molecule has 1 amide bonds. The summed E-state index contributed by atoms with van der Waals surface area (Å²) in [5, 5.41) is 11.7. The Kier molecular flexibility index (Phi) is 5.78. The Morgan fingerprint density at radius 3 is 2.61 bits per heavy atom. The van der Waals surface area contributed by atoms with E-state index in [9.17, 15) is 4.79 Å². The largest absolute Gasteiger partial charge is 0.484 e. The lowest BCUT2D eigenvalue weighted by Gasteiger charge is -2.14. The van der Waals surface area contributed by atoms with Crippen molar-refractivity contribution < 1.29 is 9.53 Å². The fourth-order valence-electron chi connectivity index (χ4n) is 2.22. The molecule has 0 unspecified atom stereocenters. The zero-order valence-electron chi connectivity index (χ0n) is 13.0. The molecule has 5 heteroatoms. The summed E-state index contributed by atoms with van der Waals surface area (Å²) < 4.78 is 6.44. The molecule has 0 fully saturated rings. The zero-order chi connectivity index (χ0) is 16.8. The predicted octanol–water partition coefficient (Wildman–Crippen LogP) is 4.21. The first-order valence-corrected chi connectivity index (χ1v) is 8.04. The minimum Gasteiger partial charge on any atom is -0.484 e. The van der Waals surface area contributed by atoms with Crippen LogP contribution in [0.1, 0.15) is 23.6 Å². The fraction of sp³-hybridized carbons (Fsp3) is 0.222. The van der Waals surface area contributed by atoms with Crippen LogP contribution in [-0.4, -0.2) is 12.5 Å². The predicted molar refractivity (Wildman–Crippen MR) is 93.5 cm³/mol. The maximum Gasteiger partial charge on any atom is 0.262 e. The summed E-state index contributed by atoms with van der Waals surface area (Å²) in [6.45, 7) is 3.93. The van der Waals surface area contributed by atoms with E-state index in [0.29, 0.717) is 11.3 Å². The molecule has 0 saturated heterocycles. The van der Waals surface area contributed by atoms with Crippen molar-refractivity contribution in [2.45, 2.75) is 20.3 Å². The quantitative estimate of drug-likeness (QED) is 0.854. The maximum absolute atomic E-state index is 12.1. The lowest BCUT2D eigenvalue weighted by molar-refractivity contribution is -0.118. The van der Waals surface area contributed by atoms with Gasteiger partial charge in [-0.3, -0.25) is 4.79 Å². The highest BCUT2D eigenvalue weighted by molar-refractivity contribution is 9.10. The van der Waals surface area contributed by atoms with Gasteiger partial charge in [0.05, 0.1) is 11.6 Å². The van der Waals surface area contributed by atoms with Crippen molar-refractivity contribution in [3.05, 3.63) is 57.6 Å². The van der Waals surface area contributed by atoms with Gasteiger partial charge in [0.1, 0.15) is 5.75 Å². The number of anilines is 1. The van der Waals surface area contributed by atoms with Gasteiger partial charge in [0.15, 0.2) is 6.61 Å². The average molecular weight is 373 g/mol. The summed E-state index contributed by atoms with van der Waals surface area (Å²) in [5.41, 5.74) is 3.47. The summed E-state index contributed by atoms with van der Waals surface area (Å²) in [6.07, 6.45) is 0.826. The summed E-state index contributed by atoms with van der Waals surface area (Å²) >= 11 is 3.47. The second-order valence-corrected chi connectivity index (χ2v) is 6.00. The molecule has 0 aromatic heterocycles. The highest BCUT2D eigenvalue weighted by Crippen LogP contribution is 2.26. The molecule has 0 spiro atoms. The Balaban J connectivity index is 2.01. The lowest BCUT2D eigenvalue weighted by atomic mass is 10.1. The van der Waals surface area contributed by atoms with E-state index in [1.165, 1.54) is 0 Å². The number of benzene rings is 2. The molecular weight excluding hydrogens is 356 g/mol. The van der Waals surface area contributed by atoms with Crippen LogP contribution in [0, 0.1) is 18.3 Å². The van der Waals surface area contributed by atoms with Gasteiger partial charge in [-0.15, -0.1) is 0 Å². The number of aryl methyl sites for hydroxylation is 2. The van der Waals surface area contributed by atoms with Crippen LogP contribution in [0.2, 0.25) is 0 Å². The molecule has 118 valence electrons. The molecule has 0 saturated carbocycles. The summed E-state index contributed by atoms with van der Waals surface area (Å²) in [7, 11) is 0. The first-order chi connectivity index (χ1) is 11.0. The number of hydrogen-bond acceptors (Lipinski definition) is 3. The molecule has 0 aliphatic rings. The molecule has 2 aromatic carbocycles. The van der Waals surface area contributed by atoms with Crippen LogP contribution in [-0.2, 0) is 11.2 Å². The molecule has 0 aliphatic carbocycles. The molecule has 0 aliphatic heterocycles. The molecule has 1 N–H and O–H groups in total. The second kappa shape index (κ2) is 7.80. The number of ether oxygens (including phenoxy) is 1. The van der Waals surface area contributed by atoms with Gasteiger partial charge < -0.3 is 10.1 Å². The minimum atomic E-state index is -0.213. The third kappa shape index (κ3) is 4.57. The highest BCUT2D eigenvalue weighted by Gasteiger charge is 2.10. The molecule has 23 heavy (non-hydrogen) atoms. The molecule has 0 bridgehead atoms. The number of carbonyl (C=O) groups is 1. The fourth-order valence-corrected chi connectivity index (χ4v) is 2.84. The van der Waals surface area contributed by atoms with Gasteiger partial charge in [-0.2, -0.15) is 5.26 Å². The van der Waals surface area contributed by atoms with Gasteiger partial charge in [-0.1, -0.05) is 22.9 Å². The number of hydrogen-bond donors (Lipinski definition) is 1. The Bertz CT molecular complexity index is 749. The van der Waals surface area contributed by atoms with Crippen molar-refractivity contribution >= 4 is 27.5 Å². The van der Waals surface area contributed by atoms with Crippen LogP contribution in [0.3, 0.4) is 0 Å². The first-order valence-electron chi connectivity index (χ1n) is 7.25. The number of rotatable bonds is 5. The number of nitriles is 1. The van der Waals surface area contributed by atoms with Crippen LogP contribution in [0.25, 0.3) is 0 Å². The van der Waals surface area contributed by atoms with Crippen molar-refractivity contribution in [3.8, 4) is 11.8 Å². The Labute approximate surface area is 144 Å². The van der Waals surface area contributed by atoms with Gasteiger partial charge in [0.2, 0.25) is 0 Å². The number of nitrogens with zero attached hydrogens (tertiary/aromatic N) is 1. The number of amides is 1. The highest BCUT2D eigenvalue weighted by atomic mass is 79.9. The van der Waals surface area contributed by atoms with E-state index in [0.717, 1.165) is 27.7 Å². The molecule has 4 nitrogen and oxygen atoms in total. The van der Waals surface area contributed by atoms with Gasteiger partial charge in [0, 0.05) is 10.2 Å². The molecule has 2 rings (SSSR count). The lowest BCUT2D eigenvalue weighted by Crippen LogP contribution is -2.21. The van der Waals surface area contributed by atoms with E-state index in [4.69, 9.17) is 10.00 Å². The minimum absolute atomic E-state index is 0.0788. The molecule has 0 heterocycles. The van der Waals surface area contributed by atoms with Gasteiger partial charge in [-0.25, -0.2) is 0 Å². The smallest absolute Gasteiger partial charge is 0.262 e. The third-order valence-corrected chi connectivity index (χ3v) is 3.84. The third-order valence-electron chi connectivity index (χ3n) is 3.38.